The number of hydrogen-bond acceptors (Lipinski definition) is 9. The summed E-state index contributed by atoms with van der Waals surface area (Å²) in [5.41, 5.74) is 1.73. The molecule has 1 aromatic heterocycles. The van der Waals surface area contributed by atoms with Crippen molar-refractivity contribution in [3.05, 3.63) is 60.3 Å². The van der Waals surface area contributed by atoms with Gasteiger partial charge in [-0.25, -0.2) is 14.7 Å². The van der Waals surface area contributed by atoms with E-state index in [2.05, 4.69) is 47.9 Å². The summed E-state index contributed by atoms with van der Waals surface area (Å²) in [7, 11) is 4.91. The number of carbonyl (C=O) groups is 2. The number of nitrogens with zero attached hydrogens (tertiary/aromatic N) is 5. The number of anilines is 4. The minimum absolute atomic E-state index is 0.0428. The number of carbonyl (C=O) groups excluding carboxylic acids is 2. The average molecular weight is 621 g/mol. The number of hydrogen-bond donors (Lipinski definition) is 1. The topological polar surface area (TPSA) is 109 Å². The van der Waals surface area contributed by atoms with Crippen molar-refractivity contribution < 1.29 is 23.8 Å². The van der Waals surface area contributed by atoms with Gasteiger partial charge < -0.3 is 29.3 Å². The Bertz CT molecular complexity index is 1360. The van der Waals surface area contributed by atoms with Crippen molar-refractivity contribution in [1.82, 2.24) is 19.8 Å². The second kappa shape index (κ2) is 17.8. The highest BCUT2D eigenvalue weighted by molar-refractivity contribution is 5.97. The van der Waals surface area contributed by atoms with Crippen LogP contribution in [-0.4, -0.2) is 85.8 Å². The minimum atomic E-state index is -0.583. The van der Waals surface area contributed by atoms with Crippen LogP contribution in [0.5, 0.6) is 11.5 Å². The lowest BCUT2D eigenvalue weighted by Crippen LogP contribution is -2.36. The Labute approximate surface area is 267 Å². The molecular weight excluding hydrogens is 572 g/mol. The SMILES string of the molecule is CCN(CC)CCN(C)C(=O)c1ccc(Nc2nccc(N(C(=O)OCCCCC(C)C)c3ccc(OC)cc3OC)n2)cc1. The van der Waals surface area contributed by atoms with Crippen LogP contribution in [0.2, 0.25) is 0 Å². The summed E-state index contributed by atoms with van der Waals surface area (Å²) in [5, 5.41) is 3.17. The molecule has 0 aliphatic heterocycles. The summed E-state index contributed by atoms with van der Waals surface area (Å²) in [5.74, 6) is 2.11. The molecule has 244 valence electrons. The quantitative estimate of drug-likeness (QED) is 0.164. The fraction of sp³-hybridized carbons (Fsp3) is 0.471. The van der Waals surface area contributed by atoms with Gasteiger partial charge in [0.1, 0.15) is 17.3 Å². The van der Waals surface area contributed by atoms with Gasteiger partial charge in [0.15, 0.2) is 0 Å². The summed E-state index contributed by atoms with van der Waals surface area (Å²) in [6, 6.07) is 13.9. The van der Waals surface area contributed by atoms with Crippen LogP contribution in [0.1, 0.15) is 57.3 Å². The largest absolute Gasteiger partial charge is 0.497 e. The molecule has 45 heavy (non-hydrogen) atoms. The molecule has 0 radical (unpaired) electrons. The molecule has 3 aromatic rings. The Morgan fingerprint density at radius 3 is 2.31 bits per heavy atom. The normalized spacial score (nSPS) is 11.0. The number of ether oxygens (including phenoxy) is 3. The molecule has 0 aliphatic carbocycles. The van der Waals surface area contributed by atoms with Crippen LogP contribution in [-0.2, 0) is 4.74 Å². The summed E-state index contributed by atoms with van der Waals surface area (Å²) in [4.78, 5) is 40.8. The molecule has 3 rings (SSSR count). The van der Waals surface area contributed by atoms with Gasteiger partial charge in [-0.05, 0) is 68.2 Å². The summed E-state index contributed by atoms with van der Waals surface area (Å²) in [6.07, 6.45) is 3.78. The highest BCUT2D eigenvalue weighted by Gasteiger charge is 2.25. The van der Waals surface area contributed by atoms with Crippen molar-refractivity contribution in [3.63, 3.8) is 0 Å². The molecule has 0 fully saturated rings. The van der Waals surface area contributed by atoms with Crippen molar-refractivity contribution >= 4 is 35.1 Å². The third kappa shape index (κ3) is 10.3. The van der Waals surface area contributed by atoms with Crippen molar-refractivity contribution in [2.45, 2.75) is 47.0 Å². The predicted molar refractivity (Wildman–Crippen MR) is 178 cm³/mol. The second-order valence-corrected chi connectivity index (χ2v) is 11.1. The molecule has 0 saturated carbocycles. The average Bonchev–Trinajstić information content (AvgIpc) is 3.05. The lowest BCUT2D eigenvalue weighted by molar-refractivity contribution is 0.0779. The van der Waals surface area contributed by atoms with Crippen LogP contribution in [0.4, 0.5) is 27.9 Å². The molecule has 11 nitrogen and oxygen atoms in total. The van der Waals surface area contributed by atoms with Crippen LogP contribution in [0, 0.1) is 5.92 Å². The lowest BCUT2D eigenvalue weighted by atomic mass is 10.1. The van der Waals surface area contributed by atoms with E-state index in [9.17, 15) is 9.59 Å². The van der Waals surface area contributed by atoms with Crippen LogP contribution in [0.15, 0.2) is 54.7 Å². The zero-order valence-corrected chi connectivity index (χ0v) is 27.7. The number of rotatable bonds is 17. The van der Waals surface area contributed by atoms with Crippen LogP contribution in [0.3, 0.4) is 0 Å². The fourth-order valence-corrected chi connectivity index (χ4v) is 4.68. The molecule has 2 aromatic carbocycles. The van der Waals surface area contributed by atoms with E-state index < -0.39 is 6.09 Å². The third-order valence-corrected chi connectivity index (χ3v) is 7.46. The molecule has 11 heteroatoms. The van der Waals surface area contributed by atoms with Gasteiger partial charge in [0, 0.05) is 49.7 Å². The van der Waals surface area contributed by atoms with E-state index in [1.807, 2.05) is 7.05 Å². The molecule has 0 bridgehead atoms. The maximum atomic E-state index is 13.5. The molecule has 0 saturated heterocycles. The van der Waals surface area contributed by atoms with E-state index in [1.54, 1.807) is 66.7 Å². The van der Waals surface area contributed by atoms with Crippen LogP contribution in [0.25, 0.3) is 0 Å². The van der Waals surface area contributed by atoms with Crippen molar-refractivity contribution in [2.75, 3.05) is 64.3 Å². The molecule has 1 N–H and O–H groups in total. The molecule has 0 aliphatic rings. The van der Waals surface area contributed by atoms with Crippen LogP contribution < -0.4 is 19.7 Å². The molecular formula is C34H48N6O5. The Kier molecular flexibility index (Phi) is 13.9. The van der Waals surface area contributed by atoms with Gasteiger partial charge in [0.25, 0.3) is 5.91 Å². The summed E-state index contributed by atoms with van der Waals surface area (Å²) >= 11 is 0. The summed E-state index contributed by atoms with van der Waals surface area (Å²) in [6.45, 7) is 12.2. The Hall–Kier alpha value is -4.38. The van der Waals surface area contributed by atoms with E-state index in [1.165, 1.54) is 12.0 Å². The van der Waals surface area contributed by atoms with Gasteiger partial charge in [0.05, 0.1) is 26.5 Å². The number of amides is 2. The van der Waals surface area contributed by atoms with Gasteiger partial charge in [-0.3, -0.25) is 4.79 Å². The van der Waals surface area contributed by atoms with Gasteiger partial charge in [-0.2, -0.15) is 4.98 Å². The van der Waals surface area contributed by atoms with E-state index in [-0.39, 0.29) is 18.5 Å². The number of unbranched alkanes of at least 4 members (excludes halogenated alkanes) is 1. The zero-order chi connectivity index (χ0) is 32.8. The smallest absolute Gasteiger partial charge is 0.420 e. The number of methoxy groups -OCH3 is 2. The standard InChI is InChI=1S/C34H48N6O5/c1-8-39(9-2)22-21-38(5)32(41)26-13-15-27(16-14-26)36-33-35-20-19-31(37-33)40(34(42)45-23-11-10-12-25(3)4)29-18-17-28(43-6)24-30(29)44-7/h13-20,24-25H,8-12,21-23H2,1-7H3,(H,35,36,37). The first-order valence-electron chi connectivity index (χ1n) is 15.6. The monoisotopic (exact) mass is 620 g/mol. The number of benzene rings is 2. The summed E-state index contributed by atoms with van der Waals surface area (Å²) < 4.78 is 16.6. The predicted octanol–water partition coefficient (Wildman–Crippen LogP) is 6.75. The molecule has 1 heterocycles. The highest BCUT2D eigenvalue weighted by atomic mass is 16.6. The number of likely N-dealkylation sites (N-methyl/N-ethyl adjacent to an activating group) is 2. The third-order valence-electron chi connectivity index (χ3n) is 7.46. The van der Waals surface area contributed by atoms with Gasteiger partial charge in [-0.15, -0.1) is 0 Å². The zero-order valence-electron chi connectivity index (χ0n) is 27.7. The number of nitrogens with one attached hydrogen (secondary N) is 1. The highest BCUT2D eigenvalue weighted by Crippen LogP contribution is 2.36. The van der Waals surface area contributed by atoms with E-state index in [4.69, 9.17) is 14.2 Å². The van der Waals surface area contributed by atoms with E-state index in [0.717, 1.165) is 38.9 Å². The Morgan fingerprint density at radius 1 is 0.933 bits per heavy atom. The lowest BCUT2D eigenvalue weighted by Gasteiger charge is -2.24. The Balaban J connectivity index is 1.79. The van der Waals surface area contributed by atoms with Gasteiger partial charge in [-0.1, -0.05) is 34.1 Å². The van der Waals surface area contributed by atoms with Crippen molar-refractivity contribution in [1.29, 1.82) is 0 Å². The van der Waals surface area contributed by atoms with Gasteiger partial charge >= 0.3 is 6.09 Å². The first-order chi connectivity index (χ1) is 21.7. The maximum Gasteiger partial charge on any atom is 0.420 e. The van der Waals surface area contributed by atoms with E-state index in [0.29, 0.717) is 46.7 Å². The molecule has 0 atom stereocenters. The molecule has 2 amide bonds. The maximum absolute atomic E-state index is 13.5. The number of aromatic nitrogens is 2. The minimum Gasteiger partial charge on any atom is -0.497 e. The van der Waals surface area contributed by atoms with Crippen LogP contribution >= 0.6 is 0 Å². The first-order valence-corrected chi connectivity index (χ1v) is 15.6. The molecule has 0 unspecified atom stereocenters. The second-order valence-electron chi connectivity index (χ2n) is 11.1. The Morgan fingerprint density at radius 2 is 1.67 bits per heavy atom. The van der Waals surface area contributed by atoms with Crippen molar-refractivity contribution in [3.8, 4) is 11.5 Å². The first kappa shape index (κ1) is 35.1. The van der Waals surface area contributed by atoms with Crippen molar-refractivity contribution in [2.24, 2.45) is 5.92 Å². The molecule has 0 spiro atoms. The van der Waals surface area contributed by atoms with Gasteiger partial charge in [0.2, 0.25) is 5.95 Å². The van der Waals surface area contributed by atoms with E-state index >= 15 is 0 Å². The fourth-order valence-electron chi connectivity index (χ4n) is 4.68.